The first-order chi connectivity index (χ1) is 15.6. The fourth-order valence-electron chi connectivity index (χ4n) is 3.71. The molecule has 2 saturated heterocycles. The molecule has 4 rings (SSSR count). The normalized spacial score (nSPS) is 18.9. The number of hydrogen-bond acceptors (Lipinski definition) is 5. The molecule has 178 valence electrons. The van der Waals surface area contributed by atoms with E-state index in [9.17, 15) is 18.0 Å². The van der Waals surface area contributed by atoms with E-state index >= 15 is 0 Å². The predicted molar refractivity (Wildman–Crippen MR) is 112 cm³/mol. The van der Waals surface area contributed by atoms with Gasteiger partial charge in [-0.1, -0.05) is 23.7 Å². The van der Waals surface area contributed by atoms with Crippen LogP contribution in [0.3, 0.4) is 0 Å². The van der Waals surface area contributed by atoms with Crippen molar-refractivity contribution in [1.29, 1.82) is 0 Å². The van der Waals surface area contributed by atoms with Crippen molar-refractivity contribution in [2.45, 2.75) is 24.8 Å². The van der Waals surface area contributed by atoms with Crippen LogP contribution in [0, 0.1) is 5.92 Å². The first-order valence-electron chi connectivity index (χ1n) is 10.1. The number of carbonyl (C=O) groups is 2. The molecule has 11 heteroatoms. The zero-order valence-electron chi connectivity index (χ0n) is 17.4. The molecule has 7 nitrogen and oxygen atoms in total. The van der Waals surface area contributed by atoms with Crippen LogP contribution in [0.15, 0.2) is 48.7 Å². The zero-order valence-corrected chi connectivity index (χ0v) is 18.2. The molecule has 3 heterocycles. The Morgan fingerprint density at radius 2 is 1.97 bits per heavy atom. The van der Waals surface area contributed by atoms with Gasteiger partial charge in [0.25, 0.3) is 5.91 Å². The van der Waals surface area contributed by atoms with Gasteiger partial charge in [-0.25, -0.2) is 4.79 Å². The molecule has 1 N–H and O–H groups in total. The van der Waals surface area contributed by atoms with Crippen LogP contribution >= 0.6 is 11.6 Å². The van der Waals surface area contributed by atoms with Crippen LogP contribution in [0.2, 0.25) is 5.02 Å². The summed E-state index contributed by atoms with van der Waals surface area (Å²) in [6, 6.07) is 12.9. The minimum Gasteiger partial charge on any atom is -0.475 e. The van der Waals surface area contributed by atoms with Crippen LogP contribution in [-0.2, 0) is 20.9 Å². The van der Waals surface area contributed by atoms with Gasteiger partial charge in [0.05, 0.1) is 32.0 Å². The van der Waals surface area contributed by atoms with Crippen LogP contribution in [0.1, 0.15) is 22.5 Å². The number of pyridine rings is 1. The molecule has 1 aromatic heterocycles. The molecular weight excluding hydrogens is 465 g/mol. The largest absolute Gasteiger partial charge is 0.490 e. The van der Waals surface area contributed by atoms with Crippen molar-refractivity contribution in [2.24, 2.45) is 5.92 Å². The SMILES string of the molecule is O=C(O)C(F)(F)F.O=C(c1cccc(Cl)c1)N1CC2(C1)OCCC2COCc1ccccn1. The second-order valence-corrected chi connectivity index (χ2v) is 8.15. The molecule has 2 aromatic rings. The van der Waals surface area contributed by atoms with Crippen molar-refractivity contribution in [1.82, 2.24) is 9.88 Å². The quantitative estimate of drug-likeness (QED) is 0.691. The van der Waals surface area contributed by atoms with E-state index in [0.717, 1.165) is 18.7 Å². The number of carboxylic acid groups (broad SMARTS) is 1. The summed E-state index contributed by atoms with van der Waals surface area (Å²) in [6.07, 6.45) is -2.36. The Kier molecular flexibility index (Phi) is 7.93. The Balaban J connectivity index is 0.000000383. The predicted octanol–water partition coefficient (Wildman–Crippen LogP) is 3.82. The number of hydrogen-bond donors (Lipinski definition) is 1. The van der Waals surface area contributed by atoms with Crippen molar-refractivity contribution in [3.8, 4) is 0 Å². The molecule has 1 atom stereocenters. The summed E-state index contributed by atoms with van der Waals surface area (Å²) in [5, 5.41) is 7.70. The molecule has 0 radical (unpaired) electrons. The number of likely N-dealkylation sites (tertiary alicyclic amines) is 1. The van der Waals surface area contributed by atoms with Gasteiger partial charge in [0, 0.05) is 29.3 Å². The highest BCUT2D eigenvalue weighted by Crippen LogP contribution is 2.40. The Hall–Kier alpha value is -2.69. The van der Waals surface area contributed by atoms with E-state index in [1.165, 1.54) is 0 Å². The lowest BCUT2D eigenvalue weighted by molar-refractivity contribution is -0.192. The van der Waals surface area contributed by atoms with Gasteiger partial charge < -0.3 is 19.5 Å². The molecule has 0 bridgehead atoms. The number of amides is 1. The van der Waals surface area contributed by atoms with E-state index in [-0.39, 0.29) is 11.5 Å². The van der Waals surface area contributed by atoms with Crippen molar-refractivity contribution in [3.63, 3.8) is 0 Å². The summed E-state index contributed by atoms with van der Waals surface area (Å²) < 4.78 is 43.6. The molecule has 0 saturated carbocycles. The highest BCUT2D eigenvalue weighted by Gasteiger charge is 2.54. The number of aliphatic carboxylic acids is 1. The molecule has 2 aliphatic heterocycles. The number of halogens is 4. The molecule has 33 heavy (non-hydrogen) atoms. The highest BCUT2D eigenvalue weighted by atomic mass is 35.5. The van der Waals surface area contributed by atoms with Gasteiger partial charge in [0.2, 0.25) is 0 Å². The molecule has 0 aliphatic carbocycles. The number of nitrogens with zero attached hydrogens (tertiary/aromatic N) is 2. The lowest BCUT2D eigenvalue weighted by atomic mass is 9.81. The van der Waals surface area contributed by atoms with Crippen LogP contribution in [-0.4, -0.2) is 64.9 Å². The van der Waals surface area contributed by atoms with E-state index in [4.69, 9.17) is 31.0 Å². The molecule has 1 spiro atoms. The van der Waals surface area contributed by atoms with Gasteiger partial charge in [-0.15, -0.1) is 0 Å². The third kappa shape index (κ3) is 6.43. The molecular formula is C22H22ClF3N2O5. The lowest BCUT2D eigenvalue weighted by Gasteiger charge is -2.50. The van der Waals surface area contributed by atoms with Gasteiger partial charge in [0.15, 0.2) is 0 Å². The maximum absolute atomic E-state index is 12.6. The second kappa shape index (κ2) is 10.5. The number of carbonyl (C=O) groups excluding carboxylic acids is 1. The monoisotopic (exact) mass is 486 g/mol. The van der Waals surface area contributed by atoms with Gasteiger partial charge in [-0.3, -0.25) is 9.78 Å². The van der Waals surface area contributed by atoms with Crippen molar-refractivity contribution in [2.75, 3.05) is 26.3 Å². The minimum absolute atomic E-state index is 0.00165. The fourth-order valence-corrected chi connectivity index (χ4v) is 3.90. The second-order valence-electron chi connectivity index (χ2n) is 7.71. The van der Waals surface area contributed by atoms with E-state index in [1.54, 1.807) is 30.5 Å². The van der Waals surface area contributed by atoms with Crippen LogP contribution in [0.25, 0.3) is 0 Å². The zero-order chi connectivity index (χ0) is 24.1. The van der Waals surface area contributed by atoms with E-state index in [2.05, 4.69) is 4.98 Å². The average Bonchev–Trinajstić information content (AvgIpc) is 3.17. The number of rotatable bonds is 5. The Morgan fingerprint density at radius 1 is 1.24 bits per heavy atom. The Labute approximate surface area is 193 Å². The summed E-state index contributed by atoms with van der Waals surface area (Å²) in [7, 11) is 0. The van der Waals surface area contributed by atoms with Crippen LogP contribution in [0.4, 0.5) is 13.2 Å². The van der Waals surface area contributed by atoms with E-state index in [0.29, 0.717) is 42.8 Å². The van der Waals surface area contributed by atoms with Crippen molar-refractivity contribution < 1.29 is 37.3 Å². The molecule has 1 amide bonds. The summed E-state index contributed by atoms with van der Waals surface area (Å²) in [5.74, 6) is -2.45. The summed E-state index contributed by atoms with van der Waals surface area (Å²) in [4.78, 5) is 27.6. The van der Waals surface area contributed by atoms with Crippen molar-refractivity contribution in [3.05, 3.63) is 64.9 Å². The van der Waals surface area contributed by atoms with Gasteiger partial charge in [0.1, 0.15) is 5.60 Å². The molecule has 1 aromatic carbocycles. The first-order valence-corrected chi connectivity index (χ1v) is 10.4. The minimum atomic E-state index is -5.08. The molecule has 2 aliphatic rings. The van der Waals surface area contributed by atoms with Gasteiger partial charge in [-0.2, -0.15) is 13.2 Å². The number of aromatic nitrogens is 1. The first kappa shape index (κ1) is 24.9. The summed E-state index contributed by atoms with van der Waals surface area (Å²) >= 11 is 5.99. The topological polar surface area (TPSA) is 89.0 Å². The maximum Gasteiger partial charge on any atom is 0.490 e. The fraction of sp³-hybridized carbons (Fsp3) is 0.409. The summed E-state index contributed by atoms with van der Waals surface area (Å²) in [5.41, 5.74) is 1.28. The van der Waals surface area contributed by atoms with E-state index < -0.39 is 12.1 Å². The number of benzene rings is 1. The standard InChI is InChI=1S/C20H21ClN2O3.C2HF3O2/c21-17-5-3-4-15(10-17)19(24)23-13-20(14-23)16(7-9-26-20)11-25-12-18-6-1-2-8-22-18;3-2(4,5)1(6)7/h1-6,8,10,16H,7,9,11-14H2;(H,6,7). The van der Waals surface area contributed by atoms with Crippen LogP contribution in [0.5, 0.6) is 0 Å². The highest BCUT2D eigenvalue weighted by molar-refractivity contribution is 6.30. The molecule has 2 fully saturated rings. The van der Waals surface area contributed by atoms with Gasteiger partial charge >= 0.3 is 12.1 Å². The Bertz CT molecular complexity index is 968. The average molecular weight is 487 g/mol. The third-order valence-corrected chi connectivity index (χ3v) is 5.65. The Morgan fingerprint density at radius 3 is 2.58 bits per heavy atom. The van der Waals surface area contributed by atoms with Crippen molar-refractivity contribution >= 4 is 23.5 Å². The van der Waals surface area contributed by atoms with E-state index in [1.807, 2.05) is 23.1 Å². The lowest BCUT2D eigenvalue weighted by Crippen LogP contribution is -2.66. The maximum atomic E-state index is 12.6. The van der Waals surface area contributed by atoms with Gasteiger partial charge in [-0.05, 0) is 36.8 Å². The number of alkyl halides is 3. The summed E-state index contributed by atoms with van der Waals surface area (Å²) in [6.45, 7) is 3.05. The number of ether oxygens (including phenoxy) is 2. The third-order valence-electron chi connectivity index (χ3n) is 5.41. The number of carboxylic acids is 1. The smallest absolute Gasteiger partial charge is 0.475 e. The van der Waals surface area contributed by atoms with Crippen LogP contribution < -0.4 is 0 Å². The molecule has 1 unspecified atom stereocenters.